The van der Waals surface area contributed by atoms with Gasteiger partial charge in [-0.1, -0.05) is 12.5 Å². The van der Waals surface area contributed by atoms with E-state index in [1.165, 1.54) is 5.56 Å². The number of rotatable bonds is 3. The van der Waals surface area contributed by atoms with Crippen LogP contribution in [0.15, 0.2) is 23.1 Å². The highest BCUT2D eigenvalue weighted by atomic mass is 32.2. The van der Waals surface area contributed by atoms with Crippen LogP contribution in [-0.4, -0.2) is 32.1 Å². The van der Waals surface area contributed by atoms with Crippen molar-refractivity contribution in [3.05, 3.63) is 23.8 Å². The van der Waals surface area contributed by atoms with Crippen molar-refractivity contribution in [1.29, 1.82) is 0 Å². The van der Waals surface area contributed by atoms with E-state index >= 15 is 0 Å². The number of fused-ring (bicyclic) bond motifs is 1. The van der Waals surface area contributed by atoms with Crippen LogP contribution in [0.3, 0.4) is 0 Å². The maximum absolute atomic E-state index is 12.6. The molecule has 6 heteroatoms. The smallest absolute Gasteiger partial charge is 0.253 e. The lowest BCUT2D eigenvalue weighted by molar-refractivity contribution is 0.0790. The summed E-state index contributed by atoms with van der Waals surface area (Å²) in [6, 6.07) is 5.82. The second-order valence-corrected chi connectivity index (χ2v) is 7.79. The molecule has 0 radical (unpaired) electrons. The minimum Gasteiger partial charge on any atom is -0.384 e. The Kier molecular flexibility index (Phi) is 3.94. The van der Waals surface area contributed by atoms with Gasteiger partial charge in [0.1, 0.15) is 0 Å². The zero-order valence-corrected chi connectivity index (χ0v) is 13.4. The van der Waals surface area contributed by atoms with E-state index in [0.717, 1.165) is 37.9 Å². The third-order valence-corrected chi connectivity index (χ3v) is 5.85. The van der Waals surface area contributed by atoms with Gasteiger partial charge >= 0.3 is 0 Å². The van der Waals surface area contributed by atoms with Crippen LogP contribution in [0.5, 0.6) is 0 Å². The number of piperidine rings is 1. The van der Waals surface area contributed by atoms with E-state index in [0.29, 0.717) is 4.90 Å². The molecule has 0 aromatic heterocycles. The highest BCUT2D eigenvalue weighted by molar-refractivity contribution is 7.89. The van der Waals surface area contributed by atoms with Crippen LogP contribution in [0.2, 0.25) is 0 Å². The number of sulfonamides is 1. The molecule has 2 aliphatic rings. The van der Waals surface area contributed by atoms with Crippen LogP contribution in [0.1, 0.15) is 38.7 Å². The molecule has 1 aromatic rings. The number of hydrogen-bond donors (Lipinski definition) is 2. The molecule has 1 aromatic carbocycles. The van der Waals surface area contributed by atoms with Gasteiger partial charge in [0.25, 0.3) is 10.0 Å². The van der Waals surface area contributed by atoms with E-state index in [4.69, 9.17) is 0 Å². The summed E-state index contributed by atoms with van der Waals surface area (Å²) in [6.07, 6.45) is 4.17. The number of hydrazine groups is 1. The fraction of sp³-hybridized carbons (Fsp3) is 0.600. The van der Waals surface area contributed by atoms with Gasteiger partial charge in [-0.15, -0.1) is 4.83 Å². The van der Waals surface area contributed by atoms with Gasteiger partial charge in [0.05, 0.1) is 4.90 Å². The van der Waals surface area contributed by atoms with E-state index in [2.05, 4.69) is 24.0 Å². The van der Waals surface area contributed by atoms with Crippen molar-refractivity contribution < 1.29 is 8.42 Å². The number of hydrogen-bond acceptors (Lipinski definition) is 4. The van der Waals surface area contributed by atoms with Gasteiger partial charge in [0, 0.05) is 24.3 Å². The normalized spacial score (nSPS) is 26.4. The Morgan fingerprint density at radius 3 is 2.67 bits per heavy atom. The van der Waals surface area contributed by atoms with Crippen molar-refractivity contribution in [2.75, 3.05) is 11.9 Å². The summed E-state index contributed by atoms with van der Waals surface area (Å²) in [4.78, 5) is 3.11. The summed E-state index contributed by atoms with van der Waals surface area (Å²) in [5.41, 5.74) is 2.13. The third kappa shape index (κ3) is 2.93. The van der Waals surface area contributed by atoms with Gasteiger partial charge in [-0.05, 0) is 50.8 Å². The Bertz CT molecular complexity index is 620. The van der Waals surface area contributed by atoms with Crippen molar-refractivity contribution in [3.8, 4) is 0 Å². The van der Waals surface area contributed by atoms with Crippen LogP contribution < -0.4 is 10.1 Å². The quantitative estimate of drug-likeness (QED) is 0.898. The first-order chi connectivity index (χ1) is 9.97. The molecule has 2 heterocycles. The molecule has 0 bridgehead atoms. The van der Waals surface area contributed by atoms with Crippen molar-refractivity contribution in [3.63, 3.8) is 0 Å². The first kappa shape index (κ1) is 14.8. The van der Waals surface area contributed by atoms with E-state index in [9.17, 15) is 8.42 Å². The SMILES string of the molecule is CC1CCCC(C)N1NS(=O)(=O)c1ccc2c(c1)NCC2. The fourth-order valence-corrected chi connectivity index (χ4v) is 4.49. The second-order valence-electron chi connectivity index (χ2n) is 6.13. The van der Waals surface area contributed by atoms with E-state index in [1.807, 2.05) is 11.1 Å². The van der Waals surface area contributed by atoms with Crippen molar-refractivity contribution in [1.82, 2.24) is 9.84 Å². The first-order valence-corrected chi connectivity index (χ1v) is 9.13. The van der Waals surface area contributed by atoms with E-state index in [-0.39, 0.29) is 12.1 Å². The number of benzene rings is 1. The lowest BCUT2D eigenvalue weighted by atomic mass is 10.0. The minimum atomic E-state index is -3.51. The van der Waals surface area contributed by atoms with Gasteiger partial charge in [-0.25, -0.2) is 13.4 Å². The molecule has 3 rings (SSSR count). The summed E-state index contributed by atoms with van der Waals surface area (Å²) < 4.78 is 25.2. The molecule has 0 spiro atoms. The topological polar surface area (TPSA) is 61.4 Å². The molecule has 2 unspecified atom stereocenters. The predicted octanol–water partition coefficient (Wildman–Crippen LogP) is 2.11. The molecule has 0 saturated carbocycles. The van der Waals surface area contributed by atoms with Crippen molar-refractivity contribution in [2.45, 2.75) is 56.5 Å². The van der Waals surface area contributed by atoms with Crippen LogP contribution in [0.4, 0.5) is 5.69 Å². The molecule has 116 valence electrons. The molecule has 2 atom stereocenters. The lowest BCUT2D eigenvalue weighted by Crippen LogP contribution is -2.53. The van der Waals surface area contributed by atoms with Crippen LogP contribution >= 0.6 is 0 Å². The monoisotopic (exact) mass is 309 g/mol. The Balaban J connectivity index is 1.83. The van der Waals surface area contributed by atoms with Crippen molar-refractivity contribution >= 4 is 15.7 Å². The van der Waals surface area contributed by atoms with Crippen LogP contribution in [-0.2, 0) is 16.4 Å². The molecule has 1 fully saturated rings. The van der Waals surface area contributed by atoms with Gasteiger partial charge < -0.3 is 5.32 Å². The van der Waals surface area contributed by atoms with Crippen LogP contribution in [0, 0.1) is 0 Å². The summed E-state index contributed by atoms with van der Waals surface area (Å²) in [6.45, 7) is 5.03. The molecule has 5 nitrogen and oxygen atoms in total. The van der Waals surface area contributed by atoms with E-state index in [1.54, 1.807) is 12.1 Å². The summed E-state index contributed by atoms with van der Waals surface area (Å²) in [7, 11) is -3.51. The highest BCUT2D eigenvalue weighted by Crippen LogP contribution is 2.26. The first-order valence-electron chi connectivity index (χ1n) is 7.65. The highest BCUT2D eigenvalue weighted by Gasteiger charge is 2.29. The van der Waals surface area contributed by atoms with Crippen molar-refractivity contribution in [2.24, 2.45) is 0 Å². The average molecular weight is 309 g/mol. The largest absolute Gasteiger partial charge is 0.384 e. The number of anilines is 1. The van der Waals surface area contributed by atoms with Gasteiger partial charge in [0.2, 0.25) is 0 Å². The second kappa shape index (κ2) is 5.59. The molecular formula is C15H23N3O2S. The summed E-state index contributed by atoms with van der Waals surface area (Å²) in [5.74, 6) is 0. The average Bonchev–Trinajstić information content (AvgIpc) is 2.90. The third-order valence-electron chi connectivity index (χ3n) is 4.52. The molecule has 21 heavy (non-hydrogen) atoms. The molecule has 0 amide bonds. The lowest BCUT2D eigenvalue weighted by Gasteiger charge is -2.38. The Hall–Kier alpha value is -1.11. The molecule has 1 saturated heterocycles. The number of nitrogens with zero attached hydrogens (tertiary/aromatic N) is 1. The Morgan fingerprint density at radius 1 is 1.24 bits per heavy atom. The Morgan fingerprint density at radius 2 is 1.95 bits per heavy atom. The summed E-state index contributed by atoms with van der Waals surface area (Å²) >= 11 is 0. The standard InChI is InChI=1S/C15H23N3O2S/c1-11-4-3-5-12(2)18(11)17-21(19,20)14-7-6-13-8-9-16-15(13)10-14/h6-7,10-12,16-17H,3-5,8-9H2,1-2H3. The number of nitrogens with one attached hydrogen (secondary N) is 2. The maximum atomic E-state index is 12.6. The maximum Gasteiger partial charge on any atom is 0.253 e. The van der Waals surface area contributed by atoms with Gasteiger partial charge in [-0.2, -0.15) is 0 Å². The predicted molar refractivity (Wildman–Crippen MR) is 83.6 cm³/mol. The zero-order valence-electron chi connectivity index (χ0n) is 12.6. The zero-order chi connectivity index (χ0) is 15.0. The van der Waals surface area contributed by atoms with Crippen LogP contribution in [0.25, 0.3) is 0 Å². The van der Waals surface area contributed by atoms with Gasteiger partial charge in [-0.3, -0.25) is 0 Å². The molecule has 2 N–H and O–H groups in total. The molecule has 0 aliphatic carbocycles. The minimum absolute atomic E-state index is 0.232. The van der Waals surface area contributed by atoms with Gasteiger partial charge in [0.15, 0.2) is 0 Å². The molecular weight excluding hydrogens is 286 g/mol. The fourth-order valence-electron chi connectivity index (χ4n) is 3.23. The Labute approximate surface area is 126 Å². The van der Waals surface area contributed by atoms with E-state index < -0.39 is 10.0 Å². The summed E-state index contributed by atoms with van der Waals surface area (Å²) in [5, 5.41) is 5.12. The molecule has 2 aliphatic heterocycles.